The number of halogens is 3. The third-order valence-electron chi connectivity index (χ3n) is 5.70. The van der Waals surface area contributed by atoms with Gasteiger partial charge in [-0.3, -0.25) is 9.69 Å². The molecule has 4 nitrogen and oxygen atoms in total. The molecule has 28 heavy (non-hydrogen) atoms. The molecule has 0 N–H and O–H groups in total. The predicted octanol–water partition coefficient (Wildman–Crippen LogP) is 3.63. The second-order valence-corrected chi connectivity index (χ2v) is 7.38. The van der Waals surface area contributed by atoms with Gasteiger partial charge in [-0.25, -0.2) is 8.78 Å². The van der Waals surface area contributed by atoms with Gasteiger partial charge in [0.2, 0.25) is 0 Å². The number of benzene rings is 2. The van der Waals surface area contributed by atoms with Gasteiger partial charge in [0, 0.05) is 31.6 Å². The molecule has 0 aromatic heterocycles. The lowest BCUT2D eigenvalue weighted by molar-refractivity contribution is 0.0763. The van der Waals surface area contributed by atoms with Gasteiger partial charge in [-0.15, -0.1) is 12.4 Å². The van der Waals surface area contributed by atoms with Gasteiger partial charge in [0.1, 0.15) is 11.6 Å². The van der Waals surface area contributed by atoms with Gasteiger partial charge in [0.05, 0.1) is 17.2 Å². The number of likely N-dealkylation sites (tertiary alicyclic amines) is 2. The Morgan fingerprint density at radius 2 is 1.93 bits per heavy atom. The summed E-state index contributed by atoms with van der Waals surface area (Å²) in [6.45, 7) is 1.87. The molecule has 2 saturated heterocycles. The summed E-state index contributed by atoms with van der Waals surface area (Å²) in [6, 6.07) is 12.4. The first-order chi connectivity index (χ1) is 13.0. The maximum absolute atomic E-state index is 14.2. The molecule has 7 heteroatoms. The van der Waals surface area contributed by atoms with Crippen LogP contribution < -0.4 is 0 Å². The number of nitriles is 1. The maximum Gasteiger partial charge on any atom is 0.256 e. The molecule has 2 aromatic carbocycles. The van der Waals surface area contributed by atoms with E-state index < -0.39 is 5.82 Å². The van der Waals surface area contributed by atoms with E-state index in [2.05, 4.69) is 4.90 Å². The van der Waals surface area contributed by atoms with Gasteiger partial charge in [0.15, 0.2) is 0 Å². The van der Waals surface area contributed by atoms with Crippen molar-refractivity contribution >= 4 is 18.3 Å². The molecular formula is C21H20ClF2N3O. The summed E-state index contributed by atoms with van der Waals surface area (Å²) >= 11 is 0. The molecular weight excluding hydrogens is 384 g/mol. The van der Waals surface area contributed by atoms with Crippen molar-refractivity contribution in [2.24, 2.45) is 11.8 Å². The Morgan fingerprint density at radius 3 is 2.61 bits per heavy atom. The predicted molar refractivity (Wildman–Crippen MR) is 103 cm³/mol. The number of amides is 1. The van der Waals surface area contributed by atoms with E-state index in [-0.39, 0.29) is 53.1 Å². The first kappa shape index (κ1) is 20.2. The summed E-state index contributed by atoms with van der Waals surface area (Å²) in [4.78, 5) is 16.7. The average Bonchev–Trinajstić information content (AvgIpc) is 3.17. The highest BCUT2D eigenvalue weighted by molar-refractivity contribution is 5.94. The average molecular weight is 404 g/mol. The summed E-state index contributed by atoms with van der Waals surface area (Å²) in [7, 11) is 2.01. The SMILES string of the molecule is CN1C[C@H]2CN(C(=O)c3ccc(C#N)cc3F)C[C@H]2[C@@H]1c1cccc(F)c1.Cl. The van der Waals surface area contributed by atoms with Crippen LogP contribution in [0.2, 0.25) is 0 Å². The van der Waals surface area contributed by atoms with E-state index in [0.717, 1.165) is 18.2 Å². The van der Waals surface area contributed by atoms with Crippen LogP contribution in [0.4, 0.5) is 8.78 Å². The van der Waals surface area contributed by atoms with Gasteiger partial charge >= 0.3 is 0 Å². The molecule has 1 amide bonds. The Balaban J connectivity index is 0.00000225. The summed E-state index contributed by atoms with van der Waals surface area (Å²) in [6.07, 6.45) is 0. The largest absolute Gasteiger partial charge is 0.338 e. The molecule has 0 radical (unpaired) electrons. The fourth-order valence-corrected chi connectivity index (χ4v) is 4.54. The summed E-state index contributed by atoms with van der Waals surface area (Å²) in [5.41, 5.74) is 1.09. The van der Waals surface area contributed by atoms with Gasteiger partial charge in [0.25, 0.3) is 5.91 Å². The zero-order chi connectivity index (χ0) is 19.1. The molecule has 0 unspecified atom stereocenters. The second kappa shape index (κ2) is 7.86. The van der Waals surface area contributed by atoms with Gasteiger partial charge < -0.3 is 4.90 Å². The number of nitrogens with zero attached hydrogens (tertiary/aromatic N) is 3. The highest BCUT2D eigenvalue weighted by Crippen LogP contribution is 2.44. The van der Waals surface area contributed by atoms with Crippen LogP contribution in [0.3, 0.4) is 0 Å². The molecule has 3 atom stereocenters. The van der Waals surface area contributed by atoms with Gasteiger partial charge in [-0.2, -0.15) is 5.26 Å². The number of carbonyl (C=O) groups excluding carboxylic acids is 1. The number of fused-ring (bicyclic) bond motifs is 1. The number of hydrogen-bond donors (Lipinski definition) is 0. The minimum absolute atomic E-state index is 0. The van der Waals surface area contributed by atoms with Crippen molar-refractivity contribution in [3.8, 4) is 6.07 Å². The highest BCUT2D eigenvalue weighted by atomic mass is 35.5. The van der Waals surface area contributed by atoms with Crippen LogP contribution in [-0.4, -0.2) is 42.4 Å². The van der Waals surface area contributed by atoms with E-state index >= 15 is 0 Å². The second-order valence-electron chi connectivity index (χ2n) is 7.38. The molecule has 0 spiro atoms. The number of rotatable bonds is 2. The molecule has 2 aromatic rings. The fraction of sp³-hybridized carbons (Fsp3) is 0.333. The van der Waals surface area contributed by atoms with Gasteiger partial charge in [-0.1, -0.05) is 12.1 Å². The number of hydrogen-bond acceptors (Lipinski definition) is 3. The Morgan fingerprint density at radius 1 is 1.14 bits per heavy atom. The van der Waals surface area contributed by atoms with Crippen molar-refractivity contribution < 1.29 is 13.6 Å². The summed E-state index contributed by atoms with van der Waals surface area (Å²) in [5, 5.41) is 8.85. The summed E-state index contributed by atoms with van der Waals surface area (Å²) in [5.74, 6) is -0.840. The standard InChI is InChI=1S/C21H19F2N3O.ClH/c1-25-10-15-11-26(21(27)17-6-5-13(9-24)7-19(17)23)12-18(15)20(25)14-3-2-4-16(22)8-14;/h2-8,15,18,20H,10-12H2,1H3;1H/t15-,18+,20-;/m0./s1. The van der Waals surface area contributed by atoms with Crippen molar-refractivity contribution in [1.29, 1.82) is 5.26 Å². The van der Waals surface area contributed by atoms with Crippen molar-refractivity contribution in [1.82, 2.24) is 9.80 Å². The minimum Gasteiger partial charge on any atom is -0.338 e. The lowest BCUT2D eigenvalue weighted by Crippen LogP contribution is -2.33. The van der Waals surface area contributed by atoms with Crippen LogP contribution in [0.15, 0.2) is 42.5 Å². The molecule has 4 rings (SSSR count). The third-order valence-corrected chi connectivity index (χ3v) is 5.70. The zero-order valence-corrected chi connectivity index (χ0v) is 16.1. The summed E-state index contributed by atoms with van der Waals surface area (Å²) < 4.78 is 27.9. The molecule has 0 aliphatic carbocycles. The lowest BCUT2D eigenvalue weighted by atomic mass is 9.89. The molecule has 146 valence electrons. The van der Waals surface area contributed by atoms with Crippen molar-refractivity contribution in [3.63, 3.8) is 0 Å². The molecule has 0 saturated carbocycles. The van der Waals surface area contributed by atoms with E-state index in [1.165, 1.54) is 18.2 Å². The molecule has 2 heterocycles. The van der Waals surface area contributed by atoms with Crippen LogP contribution in [0.1, 0.15) is 27.5 Å². The van der Waals surface area contributed by atoms with E-state index in [0.29, 0.717) is 13.1 Å². The first-order valence-electron chi connectivity index (χ1n) is 8.92. The van der Waals surface area contributed by atoms with Crippen molar-refractivity contribution in [2.75, 3.05) is 26.7 Å². The van der Waals surface area contributed by atoms with Crippen molar-refractivity contribution in [3.05, 3.63) is 70.8 Å². The zero-order valence-electron chi connectivity index (χ0n) is 15.3. The smallest absolute Gasteiger partial charge is 0.256 e. The maximum atomic E-state index is 14.2. The monoisotopic (exact) mass is 403 g/mol. The van der Waals surface area contributed by atoms with Gasteiger partial charge in [-0.05, 0) is 48.9 Å². The molecule has 2 aliphatic heterocycles. The quantitative estimate of drug-likeness (QED) is 0.769. The minimum atomic E-state index is -0.671. The highest BCUT2D eigenvalue weighted by Gasteiger charge is 2.47. The Bertz CT molecular complexity index is 945. The van der Waals surface area contributed by atoms with Crippen LogP contribution in [0.5, 0.6) is 0 Å². The lowest BCUT2D eigenvalue weighted by Gasteiger charge is -2.27. The Hall–Kier alpha value is -2.49. The fourth-order valence-electron chi connectivity index (χ4n) is 4.54. The third kappa shape index (κ3) is 3.48. The van der Waals surface area contributed by atoms with E-state index in [9.17, 15) is 13.6 Å². The van der Waals surface area contributed by atoms with Crippen LogP contribution >= 0.6 is 12.4 Å². The topological polar surface area (TPSA) is 47.3 Å². The van der Waals surface area contributed by atoms with Crippen LogP contribution in [0, 0.1) is 34.8 Å². The molecule has 0 bridgehead atoms. The normalized spacial score (nSPS) is 23.8. The van der Waals surface area contributed by atoms with E-state index in [1.807, 2.05) is 19.2 Å². The van der Waals surface area contributed by atoms with Crippen LogP contribution in [0.25, 0.3) is 0 Å². The first-order valence-corrected chi connectivity index (χ1v) is 8.92. The number of carbonyl (C=O) groups is 1. The molecule has 2 aliphatic rings. The molecule has 2 fully saturated rings. The Labute approximate surface area is 168 Å². The van der Waals surface area contributed by atoms with E-state index in [1.54, 1.807) is 17.0 Å². The Kier molecular flexibility index (Phi) is 5.69. The van der Waals surface area contributed by atoms with E-state index in [4.69, 9.17) is 5.26 Å². The van der Waals surface area contributed by atoms with Crippen LogP contribution in [-0.2, 0) is 0 Å². The van der Waals surface area contributed by atoms with Crippen molar-refractivity contribution in [2.45, 2.75) is 6.04 Å².